The third kappa shape index (κ3) is 7.91. The van der Waals surface area contributed by atoms with E-state index in [-0.39, 0.29) is 30.2 Å². The number of nitrogens with zero attached hydrogens (tertiary/aromatic N) is 2. The first-order valence-corrected chi connectivity index (χ1v) is 13.2. The van der Waals surface area contributed by atoms with E-state index in [1.54, 1.807) is 23.1 Å². The molecule has 0 unspecified atom stereocenters. The lowest BCUT2D eigenvalue weighted by molar-refractivity contribution is -0.389. The molecule has 0 atom stereocenters. The number of piperidine rings is 1. The number of rotatable bonds is 12. The number of likely N-dealkylation sites (tertiary alicyclic amines) is 1. The van der Waals surface area contributed by atoms with Crippen LogP contribution in [0.15, 0.2) is 79.2 Å². The van der Waals surface area contributed by atoms with Gasteiger partial charge in [0.2, 0.25) is 0 Å². The SMILES string of the molecule is C=C/C=C(\C=C/N)CNc1ncccc1C(=O)Nc1ccc(C(OCCN2CCCCC2)(C(F)(F)F)C(F)(F)F)cc1. The van der Waals surface area contributed by atoms with Crippen molar-refractivity contribution in [3.05, 3.63) is 90.3 Å². The summed E-state index contributed by atoms with van der Waals surface area (Å²) in [5.41, 5.74) is 0.562. The summed E-state index contributed by atoms with van der Waals surface area (Å²) in [7, 11) is 0. The van der Waals surface area contributed by atoms with Crippen LogP contribution >= 0.6 is 0 Å². The van der Waals surface area contributed by atoms with Crippen molar-refractivity contribution < 1.29 is 35.9 Å². The van der Waals surface area contributed by atoms with E-state index in [1.807, 2.05) is 0 Å². The number of hydrogen-bond donors (Lipinski definition) is 3. The van der Waals surface area contributed by atoms with E-state index >= 15 is 0 Å². The molecule has 0 bridgehead atoms. The number of nitrogens with two attached hydrogens (primary N) is 1. The number of carbonyl (C=O) groups excluding carboxylic acids is 1. The fraction of sp³-hybridized carbons (Fsp3) is 0.379. The maximum Gasteiger partial charge on any atom is 0.430 e. The molecule has 2 heterocycles. The lowest BCUT2D eigenvalue weighted by Crippen LogP contribution is -2.56. The molecule has 1 amide bonds. The van der Waals surface area contributed by atoms with Crippen LogP contribution in [-0.4, -0.2) is 60.9 Å². The van der Waals surface area contributed by atoms with Crippen LogP contribution in [0.5, 0.6) is 0 Å². The molecule has 1 aromatic heterocycles. The van der Waals surface area contributed by atoms with E-state index in [4.69, 9.17) is 10.5 Å². The summed E-state index contributed by atoms with van der Waals surface area (Å²) in [6.45, 7) is 4.22. The highest BCUT2D eigenvalue weighted by Crippen LogP contribution is 2.53. The molecular formula is C29H33F6N5O2. The van der Waals surface area contributed by atoms with E-state index < -0.39 is 36.0 Å². The quantitative estimate of drug-likeness (QED) is 0.201. The Morgan fingerprint density at radius 3 is 2.31 bits per heavy atom. The van der Waals surface area contributed by atoms with E-state index in [0.717, 1.165) is 37.0 Å². The lowest BCUT2D eigenvalue weighted by atomic mass is 9.91. The molecule has 1 fully saturated rings. The van der Waals surface area contributed by atoms with Gasteiger partial charge in [-0.05, 0) is 68.0 Å². The number of aromatic nitrogens is 1. The van der Waals surface area contributed by atoms with Gasteiger partial charge in [-0.15, -0.1) is 0 Å². The molecule has 0 saturated carbocycles. The Morgan fingerprint density at radius 1 is 1.05 bits per heavy atom. The molecule has 0 spiro atoms. The predicted molar refractivity (Wildman–Crippen MR) is 149 cm³/mol. The summed E-state index contributed by atoms with van der Waals surface area (Å²) in [5.74, 6) is -0.486. The zero-order chi connectivity index (χ0) is 30.8. The normalized spacial score (nSPS) is 15.5. The van der Waals surface area contributed by atoms with Gasteiger partial charge in [-0.2, -0.15) is 26.3 Å². The van der Waals surface area contributed by atoms with Gasteiger partial charge in [0.15, 0.2) is 0 Å². The summed E-state index contributed by atoms with van der Waals surface area (Å²) >= 11 is 0. The van der Waals surface area contributed by atoms with Crippen LogP contribution in [0.25, 0.3) is 0 Å². The highest BCUT2D eigenvalue weighted by Gasteiger charge is 2.73. The fourth-order valence-corrected chi connectivity index (χ4v) is 4.60. The number of alkyl halides is 6. The highest BCUT2D eigenvalue weighted by atomic mass is 19.4. The minimum atomic E-state index is -5.80. The average Bonchev–Trinajstić information content (AvgIpc) is 2.94. The molecule has 228 valence electrons. The molecule has 0 radical (unpaired) electrons. The van der Waals surface area contributed by atoms with E-state index in [1.165, 1.54) is 24.5 Å². The fourth-order valence-electron chi connectivity index (χ4n) is 4.60. The van der Waals surface area contributed by atoms with Crippen molar-refractivity contribution in [2.75, 3.05) is 43.4 Å². The molecule has 42 heavy (non-hydrogen) atoms. The smallest absolute Gasteiger partial charge is 0.405 e. The van der Waals surface area contributed by atoms with Crippen LogP contribution in [0.2, 0.25) is 0 Å². The number of amides is 1. The van der Waals surface area contributed by atoms with Crippen LogP contribution in [0.3, 0.4) is 0 Å². The zero-order valence-corrected chi connectivity index (χ0v) is 22.8. The Morgan fingerprint density at radius 2 is 1.71 bits per heavy atom. The van der Waals surface area contributed by atoms with Gasteiger partial charge in [-0.3, -0.25) is 4.79 Å². The first-order valence-electron chi connectivity index (χ1n) is 13.2. The van der Waals surface area contributed by atoms with Gasteiger partial charge in [0, 0.05) is 30.5 Å². The number of anilines is 2. The third-order valence-electron chi connectivity index (χ3n) is 6.68. The van der Waals surface area contributed by atoms with Crippen LogP contribution in [0, 0.1) is 0 Å². The van der Waals surface area contributed by atoms with E-state index in [2.05, 4.69) is 22.2 Å². The summed E-state index contributed by atoms with van der Waals surface area (Å²) < 4.78 is 89.7. The van der Waals surface area contributed by atoms with Crippen molar-refractivity contribution in [2.45, 2.75) is 37.2 Å². The molecule has 13 heteroatoms. The molecule has 1 aliphatic rings. The molecule has 0 aliphatic carbocycles. The highest BCUT2D eigenvalue weighted by molar-refractivity contribution is 6.07. The average molecular weight is 598 g/mol. The van der Waals surface area contributed by atoms with Gasteiger partial charge >= 0.3 is 12.4 Å². The second-order valence-corrected chi connectivity index (χ2v) is 9.55. The first kappa shape index (κ1) is 32.7. The predicted octanol–water partition coefficient (Wildman–Crippen LogP) is 6.15. The number of hydrogen-bond acceptors (Lipinski definition) is 6. The number of carbonyl (C=O) groups is 1. The van der Waals surface area contributed by atoms with Gasteiger partial charge in [0.1, 0.15) is 5.82 Å². The molecule has 4 N–H and O–H groups in total. The minimum absolute atomic E-state index is 0.0246. The Hall–Kier alpha value is -3.84. The Kier molecular flexibility index (Phi) is 11.2. The van der Waals surface area contributed by atoms with Gasteiger partial charge < -0.3 is 26.0 Å². The van der Waals surface area contributed by atoms with Crippen molar-refractivity contribution in [1.29, 1.82) is 0 Å². The Labute approximate surface area is 240 Å². The summed E-state index contributed by atoms with van der Waals surface area (Å²) in [6, 6.07) is 6.22. The number of nitrogens with one attached hydrogen (secondary N) is 2. The number of ether oxygens (including phenoxy) is 1. The number of benzene rings is 1. The monoisotopic (exact) mass is 597 g/mol. The van der Waals surface area contributed by atoms with Gasteiger partial charge in [0.25, 0.3) is 11.5 Å². The summed E-state index contributed by atoms with van der Waals surface area (Å²) in [4.78, 5) is 18.9. The topological polar surface area (TPSA) is 92.5 Å². The van der Waals surface area contributed by atoms with Crippen molar-refractivity contribution in [1.82, 2.24) is 9.88 Å². The van der Waals surface area contributed by atoms with Gasteiger partial charge in [-0.25, -0.2) is 4.98 Å². The zero-order valence-electron chi connectivity index (χ0n) is 22.8. The molecule has 1 saturated heterocycles. The van der Waals surface area contributed by atoms with Crippen molar-refractivity contribution in [3.63, 3.8) is 0 Å². The maximum absolute atomic E-state index is 14.2. The standard InChI is InChI=1S/C29H33F6N5O2/c1-2-7-21(13-14-36)20-38-25-24(8-6-15-37-25)26(41)39-23-11-9-22(10-12-23)27(28(30,31)32,29(33,34)35)42-19-18-40-16-4-3-5-17-40/h2,6-15H,1,3-5,16-20,36H2,(H,37,38)(H,39,41)/b14-13-,21-7+. The molecular weight excluding hydrogens is 564 g/mol. The Bertz CT molecular complexity index is 1240. The number of pyridine rings is 1. The van der Waals surface area contributed by atoms with Crippen LogP contribution in [0.1, 0.15) is 35.2 Å². The molecule has 7 nitrogen and oxygen atoms in total. The largest absolute Gasteiger partial charge is 0.430 e. The van der Waals surface area contributed by atoms with Crippen molar-refractivity contribution in [2.24, 2.45) is 5.73 Å². The van der Waals surface area contributed by atoms with Crippen LogP contribution < -0.4 is 16.4 Å². The second kappa shape index (κ2) is 14.4. The minimum Gasteiger partial charge on any atom is -0.405 e. The lowest BCUT2D eigenvalue weighted by Gasteiger charge is -2.38. The molecule has 1 aromatic carbocycles. The van der Waals surface area contributed by atoms with E-state index in [9.17, 15) is 31.1 Å². The number of halogens is 6. The molecule has 2 aromatic rings. The van der Waals surface area contributed by atoms with Gasteiger partial charge in [0.05, 0.1) is 12.2 Å². The Balaban J connectivity index is 1.80. The summed E-state index contributed by atoms with van der Waals surface area (Å²) in [6.07, 6.45) is -1.33. The second-order valence-electron chi connectivity index (χ2n) is 9.55. The molecule has 1 aliphatic heterocycles. The van der Waals surface area contributed by atoms with Gasteiger partial charge in [-0.1, -0.05) is 37.3 Å². The number of allylic oxidation sites excluding steroid dienone is 2. The molecule has 3 rings (SSSR count). The van der Waals surface area contributed by atoms with Crippen molar-refractivity contribution >= 4 is 17.4 Å². The van der Waals surface area contributed by atoms with Crippen LogP contribution in [-0.2, 0) is 10.3 Å². The first-order chi connectivity index (χ1) is 19.9. The maximum atomic E-state index is 14.2. The van der Waals surface area contributed by atoms with Crippen molar-refractivity contribution in [3.8, 4) is 0 Å². The van der Waals surface area contributed by atoms with Crippen LogP contribution in [0.4, 0.5) is 37.8 Å². The third-order valence-corrected chi connectivity index (χ3v) is 6.68. The summed E-state index contributed by atoms with van der Waals surface area (Å²) in [5, 5.41) is 5.48. The van der Waals surface area contributed by atoms with E-state index in [0.29, 0.717) is 25.2 Å².